The number of carboxylic acids is 1. The fourth-order valence-electron chi connectivity index (χ4n) is 0.534. The first-order valence-corrected chi connectivity index (χ1v) is 3.49. The molecule has 0 radical (unpaired) electrons. The summed E-state index contributed by atoms with van der Waals surface area (Å²) in [6, 6.07) is 0. The van der Waals surface area contributed by atoms with Crippen molar-refractivity contribution >= 4 is 17.6 Å². The summed E-state index contributed by atoms with van der Waals surface area (Å²) in [6.45, 7) is 3.57. The van der Waals surface area contributed by atoms with Gasteiger partial charge < -0.3 is 14.6 Å². The molecule has 0 fully saturated rings. The van der Waals surface area contributed by atoms with Crippen molar-refractivity contribution in [2.45, 2.75) is 25.3 Å². The van der Waals surface area contributed by atoms with Crippen LogP contribution in [-0.2, 0) is 9.53 Å². The molecule has 0 heterocycles. The molecule has 0 aromatic rings. The molecule has 0 saturated carbocycles. The van der Waals surface area contributed by atoms with E-state index >= 15 is 0 Å². The SMILES string of the molecule is CCOC(Cl)(CC)C(=O)[O-].[Na+]. The first-order chi connectivity index (χ1) is 4.56. The molecule has 0 aliphatic carbocycles. The molecule has 3 nitrogen and oxygen atoms in total. The van der Waals surface area contributed by atoms with Crippen molar-refractivity contribution in [3.05, 3.63) is 0 Å². The van der Waals surface area contributed by atoms with Crippen LogP contribution in [0.15, 0.2) is 0 Å². The molecule has 1 unspecified atom stereocenters. The van der Waals surface area contributed by atoms with Gasteiger partial charge in [-0.3, -0.25) is 0 Å². The van der Waals surface area contributed by atoms with Gasteiger partial charge in [-0.15, -0.1) is 0 Å². The third-order valence-electron chi connectivity index (χ3n) is 1.13. The third kappa shape index (κ3) is 4.33. The Labute approximate surface area is 93.3 Å². The van der Waals surface area contributed by atoms with E-state index in [4.69, 9.17) is 16.3 Å². The Morgan fingerprint density at radius 3 is 2.18 bits per heavy atom. The van der Waals surface area contributed by atoms with Crippen LogP contribution in [0.3, 0.4) is 0 Å². The topological polar surface area (TPSA) is 49.4 Å². The fourth-order valence-corrected chi connectivity index (χ4v) is 0.643. The van der Waals surface area contributed by atoms with Crippen LogP contribution in [0.5, 0.6) is 0 Å². The van der Waals surface area contributed by atoms with Crippen molar-refractivity contribution in [3.63, 3.8) is 0 Å². The third-order valence-corrected chi connectivity index (χ3v) is 1.66. The molecule has 0 aromatic heterocycles. The number of ether oxygens (including phenoxy) is 1. The number of hydrogen-bond acceptors (Lipinski definition) is 3. The summed E-state index contributed by atoms with van der Waals surface area (Å²) in [5.74, 6) is -1.38. The Morgan fingerprint density at radius 1 is 1.64 bits per heavy atom. The summed E-state index contributed by atoms with van der Waals surface area (Å²) in [7, 11) is 0. The van der Waals surface area contributed by atoms with Gasteiger partial charge in [-0.05, 0) is 13.3 Å². The predicted octanol–water partition coefficient (Wildman–Crippen LogP) is -2.88. The first kappa shape index (κ1) is 14.3. The van der Waals surface area contributed by atoms with Gasteiger partial charge in [0, 0.05) is 6.61 Å². The van der Waals surface area contributed by atoms with Crippen molar-refractivity contribution < 1.29 is 44.2 Å². The molecule has 0 spiro atoms. The number of hydrogen-bond donors (Lipinski definition) is 0. The Hall–Kier alpha value is 0.720. The van der Waals surface area contributed by atoms with Crippen molar-refractivity contribution in [1.29, 1.82) is 0 Å². The standard InChI is InChI=1S/C6H11ClO3.Na/c1-3-6(7,5(8)9)10-4-2;/h3-4H2,1-2H3,(H,8,9);/q;+1/p-1. The van der Waals surface area contributed by atoms with E-state index in [2.05, 4.69) is 0 Å². The molecule has 0 N–H and O–H groups in total. The number of carbonyl (C=O) groups is 1. The smallest absolute Gasteiger partial charge is 0.546 e. The molecule has 0 aliphatic heterocycles. The van der Waals surface area contributed by atoms with E-state index < -0.39 is 11.0 Å². The fraction of sp³-hybridized carbons (Fsp3) is 0.833. The Kier molecular flexibility index (Phi) is 8.11. The van der Waals surface area contributed by atoms with Crippen LogP contribution in [-0.4, -0.2) is 17.6 Å². The maximum Gasteiger partial charge on any atom is 1.00 e. The molecule has 0 bridgehead atoms. The Balaban J connectivity index is 0. The molecule has 60 valence electrons. The van der Waals surface area contributed by atoms with Gasteiger partial charge in [0.2, 0.25) is 0 Å². The van der Waals surface area contributed by atoms with Crippen molar-refractivity contribution in [2.75, 3.05) is 6.61 Å². The molecule has 1 atom stereocenters. The molecular formula is C6H10ClNaO3. The zero-order valence-corrected chi connectivity index (χ0v) is 9.77. The van der Waals surface area contributed by atoms with Crippen LogP contribution in [0, 0.1) is 0 Å². The minimum atomic E-state index is -1.63. The Morgan fingerprint density at radius 2 is 2.09 bits per heavy atom. The number of carboxylic acid groups (broad SMARTS) is 1. The minimum Gasteiger partial charge on any atom is -0.546 e. The van der Waals surface area contributed by atoms with E-state index in [-0.39, 0.29) is 42.6 Å². The summed E-state index contributed by atoms with van der Waals surface area (Å²) in [6.07, 6.45) is 0.199. The summed E-state index contributed by atoms with van der Waals surface area (Å²) in [4.78, 5) is 10.3. The van der Waals surface area contributed by atoms with E-state index in [0.717, 1.165) is 0 Å². The van der Waals surface area contributed by atoms with E-state index in [1.54, 1.807) is 13.8 Å². The summed E-state index contributed by atoms with van der Waals surface area (Å²) < 4.78 is 4.74. The maximum absolute atomic E-state index is 10.3. The van der Waals surface area contributed by atoms with Crippen LogP contribution in [0.2, 0.25) is 0 Å². The average molecular weight is 189 g/mol. The van der Waals surface area contributed by atoms with Gasteiger partial charge >= 0.3 is 29.6 Å². The molecular weight excluding hydrogens is 179 g/mol. The van der Waals surface area contributed by atoms with Gasteiger partial charge in [0.25, 0.3) is 0 Å². The van der Waals surface area contributed by atoms with Crippen LogP contribution in [0.1, 0.15) is 20.3 Å². The quantitative estimate of drug-likeness (QED) is 0.352. The van der Waals surface area contributed by atoms with E-state index in [0.29, 0.717) is 0 Å². The van der Waals surface area contributed by atoms with Crippen molar-refractivity contribution in [3.8, 4) is 0 Å². The van der Waals surface area contributed by atoms with E-state index in [1.165, 1.54) is 0 Å². The molecule has 0 aliphatic rings. The van der Waals surface area contributed by atoms with Crippen LogP contribution < -0.4 is 34.7 Å². The van der Waals surface area contributed by atoms with Gasteiger partial charge in [0.05, 0.1) is 5.97 Å². The zero-order valence-electron chi connectivity index (χ0n) is 7.02. The maximum atomic E-state index is 10.3. The van der Waals surface area contributed by atoms with Crippen LogP contribution >= 0.6 is 11.6 Å². The second kappa shape index (κ2) is 6.26. The Bertz CT molecular complexity index is 131. The van der Waals surface area contributed by atoms with E-state index in [9.17, 15) is 9.90 Å². The molecule has 0 rings (SSSR count). The van der Waals surface area contributed by atoms with Crippen molar-refractivity contribution in [1.82, 2.24) is 0 Å². The normalized spacial score (nSPS) is 14.8. The van der Waals surface area contributed by atoms with Gasteiger partial charge in [-0.25, -0.2) is 0 Å². The van der Waals surface area contributed by atoms with Gasteiger partial charge in [0.1, 0.15) is 0 Å². The number of rotatable bonds is 4. The number of carbonyl (C=O) groups excluding carboxylic acids is 1. The van der Waals surface area contributed by atoms with Gasteiger partial charge in [0.15, 0.2) is 5.06 Å². The monoisotopic (exact) mass is 188 g/mol. The second-order valence-electron chi connectivity index (χ2n) is 1.80. The number of alkyl halides is 1. The molecule has 0 amide bonds. The summed E-state index contributed by atoms with van der Waals surface area (Å²) in [5.41, 5.74) is 0. The van der Waals surface area contributed by atoms with Crippen molar-refractivity contribution in [2.24, 2.45) is 0 Å². The number of aliphatic carboxylic acids is 1. The van der Waals surface area contributed by atoms with Gasteiger partial charge in [-0.1, -0.05) is 18.5 Å². The molecule has 0 aromatic carbocycles. The molecule has 0 saturated heterocycles. The molecule has 11 heavy (non-hydrogen) atoms. The zero-order chi connectivity index (χ0) is 8.20. The first-order valence-electron chi connectivity index (χ1n) is 3.11. The largest absolute Gasteiger partial charge is 1.00 e. The minimum absolute atomic E-state index is 0. The van der Waals surface area contributed by atoms with Crippen LogP contribution in [0.4, 0.5) is 0 Å². The molecule has 5 heteroatoms. The van der Waals surface area contributed by atoms with Crippen LogP contribution in [0.25, 0.3) is 0 Å². The number of halogens is 1. The predicted molar refractivity (Wildman–Crippen MR) is 35.5 cm³/mol. The second-order valence-corrected chi connectivity index (χ2v) is 2.41. The summed E-state index contributed by atoms with van der Waals surface area (Å²) in [5, 5.41) is 8.64. The summed E-state index contributed by atoms with van der Waals surface area (Å²) >= 11 is 5.47. The average Bonchev–Trinajstić information content (AvgIpc) is 1.88. The van der Waals surface area contributed by atoms with Gasteiger partial charge in [-0.2, -0.15) is 0 Å². The van der Waals surface area contributed by atoms with E-state index in [1.807, 2.05) is 0 Å².